The van der Waals surface area contributed by atoms with Gasteiger partial charge in [0.2, 0.25) is 17.7 Å². The lowest BCUT2D eigenvalue weighted by Crippen LogP contribution is -2.44. The molecule has 2 aliphatic rings. The highest BCUT2D eigenvalue weighted by Gasteiger charge is 2.54. The number of ether oxygens (including phenoxy) is 2. The van der Waals surface area contributed by atoms with Crippen LogP contribution in [0.3, 0.4) is 0 Å². The molecule has 2 atom stereocenters. The zero-order chi connectivity index (χ0) is 24.8. The van der Waals surface area contributed by atoms with E-state index < -0.39 is 5.41 Å². The average Bonchev–Trinajstić information content (AvgIpc) is 3.04. The van der Waals surface area contributed by atoms with Gasteiger partial charge in [-0.1, -0.05) is 42.5 Å². The molecule has 0 aromatic heterocycles. The normalized spacial score (nSPS) is 22.9. The summed E-state index contributed by atoms with van der Waals surface area (Å²) in [5.41, 5.74) is 0.710. The Morgan fingerprint density at radius 3 is 2.57 bits per heavy atom. The van der Waals surface area contributed by atoms with Crippen LogP contribution in [0.15, 0.2) is 54.6 Å². The minimum absolute atomic E-state index is 0.0328. The average molecular weight is 479 g/mol. The van der Waals surface area contributed by atoms with Crippen LogP contribution in [0.1, 0.15) is 49.1 Å². The van der Waals surface area contributed by atoms with Crippen LogP contribution in [0.4, 0.5) is 0 Å². The molecule has 0 aliphatic carbocycles. The number of benzene rings is 2. The van der Waals surface area contributed by atoms with E-state index >= 15 is 0 Å². The van der Waals surface area contributed by atoms with E-state index in [0.717, 1.165) is 19.3 Å². The first-order valence-electron chi connectivity index (χ1n) is 12.3. The maximum atomic E-state index is 13.7. The smallest absolute Gasteiger partial charge is 0.240 e. The molecule has 7 nitrogen and oxygen atoms in total. The highest BCUT2D eigenvalue weighted by atomic mass is 16.5. The summed E-state index contributed by atoms with van der Waals surface area (Å²) in [5, 5.41) is 0. The maximum Gasteiger partial charge on any atom is 0.240 e. The van der Waals surface area contributed by atoms with Crippen LogP contribution in [0, 0.1) is 0 Å². The lowest BCUT2D eigenvalue weighted by atomic mass is 9.75. The van der Waals surface area contributed by atoms with Crippen molar-refractivity contribution in [2.75, 3.05) is 40.5 Å². The van der Waals surface area contributed by atoms with Gasteiger partial charge in [0.1, 0.15) is 5.75 Å². The second-order valence-corrected chi connectivity index (χ2v) is 9.43. The van der Waals surface area contributed by atoms with E-state index in [2.05, 4.69) is 24.3 Å². The van der Waals surface area contributed by atoms with Gasteiger partial charge >= 0.3 is 0 Å². The fourth-order valence-electron chi connectivity index (χ4n) is 5.37. The van der Waals surface area contributed by atoms with Crippen molar-refractivity contribution in [3.63, 3.8) is 0 Å². The van der Waals surface area contributed by atoms with Crippen molar-refractivity contribution in [3.05, 3.63) is 65.7 Å². The quantitative estimate of drug-likeness (QED) is 0.543. The van der Waals surface area contributed by atoms with Crippen LogP contribution in [0.2, 0.25) is 0 Å². The summed E-state index contributed by atoms with van der Waals surface area (Å²) in [5.74, 6) is 0.308. The minimum Gasteiger partial charge on any atom is -0.497 e. The van der Waals surface area contributed by atoms with E-state index in [1.165, 1.54) is 17.6 Å². The fourth-order valence-corrected chi connectivity index (χ4v) is 5.37. The van der Waals surface area contributed by atoms with E-state index in [4.69, 9.17) is 9.47 Å². The summed E-state index contributed by atoms with van der Waals surface area (Å²) in [6.07, 6.45) is 2.75. The van der Waals surface area contributed by atoms with Crippen molar-refractivity contribution in [2.24, 2.45) is 0 Å². The summed E-state index contributed by atoms with van der Waals surface area (Å²) < 4.78 is 10.5. The van der Waals surface area contributed by atoms with Gasteiger partial charge < -0.3 is 14.4 Å². The number of hydrogen-bond acceptors (Lipinski definition) is 5. The molecule has 4 rings (SSSR count). The Hall–Kier alpha value is -3.19. The van der Waals surface area contributed by atoms with Crippen molar-refractivity contribution >= 4 is 17.7 Å². The number of amides is 3. The molecular formula is C28H34N2O5. The molecule has 7 heteroatoms. The predicted molar refractivity (Wildman–Crippen MR) is 132 cm³/mol. The number of methoxy groups -OCH3 is 2. The molecule has 0 unspecified atom stereocenters. The van der Waals surface area contributed by atoms with Crippen LogP contribution < -0.4 is 4.74 Å². The molecule has 35 heavy (non-hydrogen) atoms. The van der Waals surface area contributed by atoms with Crippen molar-refractivity contribution in [2.45, 2.75) is 43.4 Å². The Balaban J connectivity index is 1.57. The highest BCUT2D eigenvalue weighted by Crippen LogP contribution is 2.41. The molecule has 0 saturated carbocycles. The number of carbonyl (C=O) groups is 3. The number of likely N-dealkylation sites (tertiary alicyclic amines) is 2. The van der Waals surface area contributed by atoms with Crippen LogP contribution in [0.25, 0.3) is 0 Å². The molecule has 2 saturated heterocycles. The summed E-state index contributed by atoms with van der Waals surface area (Å²) in [4.78, 5) is 43.4. The van der Waals surface area contributed by atoms with E-state index in [1.54, 1.807) is 25.3 Å². The lowest BCUT2D eigenvalue weighted by molar-refractivity contribution is -0.143. The van der Waals surface area contributed by atoms with Crippen LogP contribution in [-0.4, -0.2) is 68.0 Å². The van der Waals surface area contributed by atoms with E-state index in [0.29, 0.717) is 30.3 Å². The molecule has 3 amide bonds. The molecule has 2 aliphatic heterocycles. The molecule has 0 radical (unpaired) electrons. The van der Waals surface area contributed by atoms with E-state index in [9.17, 15) is 14.4 Å². The van der Waals surface area contributed by atoms with Gasteiger partial charge in [0.15, 0.2) is 0 Å². The molecule has 0 bridgehead atoms. The van der Waals surface area contributed by atoms with Crippen molar-refractivity contribution in [1.29, 1.82) is 0 Å². The van der Waals surface area contributed by atoms with Gasteiger partial charge in [-0.15, -0.1) is 0 Å². The van der Waals surface area contributed by atoms with Crippen LogP contribution in [-0.2, 0) is 24.5 Å². The second kappa shape index (κ2) is 11.0. The molecule has 2 heterocycles. The standard InChI is InChI=1S/C28H34N2O5/c1-34-17-16-30-26(32)20-28(27(30)33,23-11-6-12-24(18-23)35-2)19-25(31)29-14-7-10-22(13-15-29)21-8-4-3-5-9-21/h3-6,8-9,11-12,18,22H,7,10,13-17,19-20H2,1-2H3/t22-,28-/m0/s1. The van der Waals surface area contributed by atoms with E-state index in [-0.39, 0.29) is 43.7 Å². The van der Waals surface area contributed by atoms with Crippen molar-refractivity contribution < 1.29 is 23.9 Å². The van der Waals surface area contributed by atoms with Gasteiger partial charge in [0.25, 0.3) is 0 Å². The summed E-state index contributed by atoms with van der Waals surface area (Å²) in [6, 6.07) is 17.6. The molecule has 2 fully saturated rings. The fraction of sp³-hybridized carbons (Fsp3) is 0.464. The molecule has 2 aromatic carbocycles. The van der Waals surface area contributed by atoms with Gasteiger partial charge in [0, 0.05) is 33.0 Å². The summed E-state index contributed by atoms with van der Waals surface area (Å²) >= 11 is 0. The van der Waals surface area contributed by atoms with Gasteiger partial charge in [-0.25, -0.2) is 0 Å². The summed E-state index contributed by atoms with van der Waals surface area (Å²) in [7, 11) is 3.09. The Bertz CT molecular complexity index is 1060. The van der Waals surface area contributed by atoms with Gasteiger partial charge in [0.05, 0.1) is 25.7 Å². The first-order valence-corrected chi connectivity index (χ1v) is 12.3. The molecule has 186 valence electrons. The van der Waals surface area contributed by atoms with Crippen molar-refractivity contribution in [3.8, 4) is 5.75 Å². The Morgan fingerprint density at radius 1 is 1.03 bits per heavy atom. The SMILES string of the molecule is COCCN1C(=O)C[C@@](CC(=O)N2CCC[C@H](c3ccccc3)CC2)(c2cccc(OC)c2)C1=O. The zero-order valence-electron chi connectivity index (χ0n) is 20.6. The van der Waals surface area contributed by atoms with Gasteiger partial charge in [-0.2, -0.15) is 0 Å². The van der Waals surface area contributed by atoms with Crippen LogP contribution >= 0.6 is 0 Å². The van der Waals surface area contributed by atoms with Gasteiger partial charge in [-0.05, 0) is 48.4 Å². The highest BCUT2D eigenvalue weighted by molar-refractivity contribution is 6.10. The largest absolute Gasteiger partial charge is 0.497 e. The lowest BCUT2D eigenvalue weighted by Gasteiger charge is -2.30. The number of hydrogen-bond donors (Lipinski definition) is 0. The molecule has 0 spiro atoms. The topological polar surface area (TPSA) is 76.2 Å². The maximum absolute atomic E-state index is 13.7. The Morgan fingerprint density at radius 2 is 1.83 bits per heavy atom. The Labute approximate surface area is 207 Å². The third-order valence-electron chi connectivity index (χ3n) is 7.35. The van der Waals surface area contributed by atoms with Crippen LogP contribution in [0.5, 0.6) is 5.75 Å². The first kappa shape index (κ1) is 24.9. The monoisotopic (exact) mass is 478 g/mol. The number of imide groups is 1. The Kier molecular flexibility index (Phi) is 7.86. The second-order valence-electron chi connectivity index (χ2n) is 9.43. The number of nitrogens with zero attached hydrogens (tertiary/aromatic N) is 2. The number of carbonyl (C=O) groups excluding carboxylic acids is 3. The predicted octanol–water partition coefficient (Wildman–Crippen LogP) is 3.52. The molecular weight excluding hydrogens is 444 g/mol. The molecule has 0 N–H and O–H groups in total. The minimum atomic E-state index is -1.23. The van der Waals surface area contributed by atoms with Gasteiger partial charge in [-0.3, -0.25) is 19.3 Å². The third kappa shape index (κ3) is 5.25. The third-order valence-corrected chi connectivity index (χ3v) is 7.35. The number of rotatable bonds is 8. The zero-order valence-corrected chi connectivity index (χ0v) is 20.6. The summed E-state index contributed by atoms with van der Waals surface area (Å²) in [6.45, 7) is 1.73. The van der Waals surface area contributed by atoms with E-state index in [1.807, 2.05) is 17.0 Å². The molecule has 2 aromatic rings. The van der Waals surface area contributed by atoms with Crippen molar-refractivity contribution in [1.82, 2.24) is 9.80 Å². The first-order chi connectivity index (χ1) is 17.0.